The third-order valence-corrected chi connectivity index (χ3v) is 9.19. The summed E-state index contributed by atoms with van der Waals surface area (Å²) >= 11 is 0. The third-order valence-electron chi connectivity index (χ3n) is 9.19. The van der Waals surface area contributed by atoms with Gasteiger partial charge < -0.3 is 0 Å². The summed E-state index contributed by atoms with van der Waals surface area (Å²) in [4.78, 5) is 27.7. The van der Waals surface area contributed by atoms with Crippen LogP contribution in [0.15, 0.2) is 79.8 Å². The van der Waals surface area contributed by atoms with E-state index in [4.69, 9.17) is 25.0 Å². The van der Waals surface area contributed by atoms with Gasteiger partial charge in [-0.2, -0.15) is 10.2 Å². The summed E-state index contributed by atoms with van der Waals surface area (Å²) < 4.78 is 0. The molecule has 4 aromatic rings. The maximum Gasteiger partial charge on any atom is 0.144 e. The first kappa shape index (κ1) is 26.2. The quantitative estimate of drug-likeness (QED) is 0.357. The molecule has 10 heteroatoms. The smallest absolute Gasteiger partial charge is 0.144 e. The van der Waals surface area contributed by atoms with E-state index in [1.54, 1.807) is 18.6 Å². The number of likely N-dealkylation sites (tertiary alicyclic amines) is 1. The van der Waals surface area contributed by atoms with Crippen LogP contribution in [-0.2, 0) is 11.0 Å². The summed E-state index contributed by atoms with van der Waals surface area (Å²) in [6.07, 6.45) is 19.5. The second kappa shape index (κ2) is 11.3. The van der Waals surface area contributed by atoms with Crippen molar-refractivity contribution < 1.29 is 0 Å². The molecule has 0 aromatic carbocycles. The van der Waals surface area contributed by atoms with Gasteiger partial charge in [0.15, 0.2) is 0 Å². The zero-order valence-corrected chi connectivity index (χ0v) is 23.3. The molecule has 0 amide bonds. The highest BCUT2D eigenvalue weighted by atomic mass is 15.7. The van der Waals surface area contributed by atoms with Crippen LogP contribution >= 0.6 is 0 Å². The van der Waals surface area contributed by atoms with Crippen LogP contribution in [0, 0.1) is 0 Å². The number of aromatic nitrogens is 7. The fraction of sp³-hybridized carbons (Fsp3) is 0.452. The minimum Gasteiger partial charge on any atom is -0.299 e. The van der Waals surface area contributed by atoms with Crippen LogP contribution in [0.1, 0.15) is 61.4 Å². The van der Waals surface area contributed by atoms with Crippen molar-refractivity contribution in [3.8, 4) is 0 Å². The molecule has 0 N–H and O–H groups in total. The summed E-state index contributed by atoms with van der Waals surface area (Å²) in [5, 5.41) is 14.4. The predicted octanol–water partition coefficient (Wildman–Crippen LogP) is 3.25. The van der Waals surface area contributed by atoms with Crippen LogP contribution < -0.4 is 0 Å². The molecule has 3 fully saturated rings. The second-order valence-electron chi connectivity index (χ2n) is 11.2. The standard InChI is InChI=1S/C31H36N10/c1-4-21-40(22-5-1)41-23-12-28(39-19-6-7-20-39)30(25-10-2-3-13-33-25,29-35-14-9-15-36-29)31(41,26-11-8-16-37-38-26)27-24-32-17-18-34-27/h2-3,8-11,13-18,24,28H,1,4-7,12,19-23H2. The molecule has 0 spiro atoms. The highest BCUT2D eigenvalue weighted by Crippen LogP contribution is 2.59. The largest absolute Gasteiger partial charge is 0.299 e. The van der Waals surface area contributed by atoms with Crippen LogP contribution in [0.3, 0.4) is 0 Å². The number of hydrogen-bond acceptors (Lipinski definition) is 10. The molecular weight excluding hydrogens is 512 g/mol. The molecule has 0 radical (unpaired) electrons. The van der Waals surface area contributed by atoms with E-state index in [-0.39, 0.29) is 6.04 Å². The molecular formula is C31H36N10. The molecule has 210 valence electrons. The average Bonchev–Trinajstić information content (AvgIpc) is 3.61. The first-order valence-electron chi connectivity index (χ1n) is 14.9. The average molecular weight is 549 g/mol. The Balaban J connectivity index is 1.65. The Morgan fingerprint density at radius 3 is 2.10 bits per heavy atom. The van der Waals surface area contributed by atoms with Crippen molar-refractivity contribution >= 4 is 0 Å². The Hall–Kier alpha value is -3.73. The summed E-state index contributed by atoms with van der Waals surface area (Å²) in [5.41, 5.74) is 0.637. The Kier molecular flexibility index (Phi) is 7.20. The van der Waals surface area contributed by atoms with E-state index in [0.717, 1.165) is 69.1 Å². The van der Waals surface area contributed by atoms with E-state index >= 15 is 0 Å². The van der Waals surface area contributed by atoms with Crippen LogP contribution in [0.25, 0.3) is 0 Å². The molecule has 3 saturated heterocycles. The molecule has 4 aromatic heterocycles. The van der Waals surface area contributed by atoms with Gasteiger partial charge in [0.2, 0.25) is 0 Å². The van der Waals surface area contributed by atoms with E-state index in [0.29, 0.717) is 5.82 Å². The zero-order chi connectivity index (χ0) is 27.5. The summed E-state index contributed by atoms with van der Waals surface area (Å²) in [7, 11) is 0. The summed E-state index contributed by atoms with van der Waals surface area (Å²) in [6.45, 7) is 4.80. The summed E-state index contributed by atoms with van der Waals surface area (Å²) in [6, 6.07) is 12.2. The van der Waals surface area contributed by atoms with Gasteiger partial charge in [-0.3, -0.25) is 19.9 Å². The number of pyridine rings is 1. The van der Waals surface area contributed by atoms with Gasteiger partial charge in [0, 0.05) is 62.9 Å². The minimum absolute atomic E-state index is 0.0346. The van der Waals surface area contributed by atoms with Crippen LogP contribution in [0.5, 0.6) is 0 Å². The maximum atomic E-state index is 5.15. The van der Waals surface area contributed by atoms with E-state index in [2.05, 4.69) is 43.2 Å². The fourth-order valence-electron chi connectivity index (χ4n) is 7.72. The van der Waals surface area contributed by atoms with Gasteiger partial charge in [0.25, 0.3) is 0 Å². The van der Waals surface area contributed by atoms with Gasteiger partial charge in [-0.25, -0.2) is 20.0 Å². The van der Waals surface area contributed by atoms with Gasteiger partial charge in [0.05, 0.1) is 23.3 Å². The van der Waals surface area contributed by atoms with Gasteiger partial charge >= 0.3 is 0 Å². The topological polar surface area (TPSA) is 100.0 Å². The molecule has 3 aliphatic rings. The first-order chi connectivity index (χ1) is 20.4. The number of hydrazine groups is 1. The van der Waals surface area contributed by atoms with Gasteiger partial charge in [-0.05, 0) is 75.5 Å². The highest BCUT2D eigenvalue weighted by molar-refractivity contribution is 5.49. The molecule has 0 bridgehead atoms. The molecule has 10 nitrogen and oxygen atoms in total. The lowest BCUT2D eigenvalue weighted by molar-refractivity contribution is -0.175. The lowest BCUT2D eigenvalue weighted by atomic mass is 9.55. The molecule has 3 aliphatic heterocycles. The second-order valence-corrected chi connectivity index (χ2v) is 11.2. The number of nitrogens with zero attached hydrogens (tertiary/aromatic N) is 10. The van der Waals surface area contributed by atoms with Crippen molar-refractivity contribution in [2.24, 2.45) is 0 Å². The first-order valence-corrected chi connectivity index (χ1v) is 14.9. The van der Waals surface area contributed by atoms with Crippen molar-refractivity contribution in [3.63, 3.8) is 0 Å². The molecule has 7 heterocycles. The molecule has 0 aliphatic carbocycles. The van der Waals surface area contributed by atoms with Crippen LogP contribution in [0.4, 0.5) is 0 Å². The van der Waals surface area contributed by atoms with Crippen molar-refractivity contribution in [1.29, 1.82) is 0 Å². The molecule has 7 rings (SSSR count). The molecule has 3 unspecified atom stereocenters. The summed E-state index contributed by atoms with van der Waals surface area (Å²) in [5.74, 6) is 0.716. The number of piperidine rings is 2. The zero-order valence-electron chi connectivity index (χ0n) is 23.3. The maximum absolute atomic E-state index is 5.15. The Morgan fingerprint density at radius 2 is 1.39 bits per heavy atom. The van der Waals surface area contributed by atoms with E-state index in [1.165, 1.54) is 19.3 Å². The highest BCUT2D eigenvalue weighted by Gasteiger charge is 2.71. The van der Waals surface area contributed by atoms with Crippen molar-refractivity contribution in [2.75, 3.05) is 32.7 Å². The van der Waals surface area contributed by atoms with Crippen molar-refractivity contribution in [2.45, 2.75) is 55.5 Å². The fourth-order valence-corrected chi connectivity index (χ4v) is 7.72. The SMILES string of the molecule is c1ccc(C2(c3ncccn3)C(N3CCCC3)CCN(N3CCCCC3)C2(c2cnccn2)c2cccnn2)nc1. The Labute approximate surface area is 240 Å². The van der Waals surface area contributed by atoms with E-state index in [9.17, 15) is 0 Å². The van der Waals surface area contributed by atoms with Gasteiger partial charge in [-0.15, -0.1) is 0 Å². The van der Waals surface area contributed by atoms with Gasteiger partial charge in [-0.1, -0.05) is 12.5 Å². The van der Waals surface area contributed by atoms with Crippen molar-refractivity contribution in [3.05, 3.63) is 103 Å². The molecule has 0 saturated carbocycles. The lowest BCUT2D eigenvalue weighted by Gasteiger charge is -2.63. The van der Waals surface area contributed by atoms with Gasteiger partial charge in [0.1, 0.15) is 16.8 Å². The lowest BCUT2D eigenvalue weighted by Crippen LogP contribution is -2.76. The number of rotatable bonds is 6. The Bertz CT molecular complexity index is 1320. The van der Waals surface area contributed by atoms with Crippen molar-refractivity contribution in [1.82, 2.24) is 50.0 Å². The van der Waals surface area contributed by atoms with E-state index in [1.807, 2.05) is 43.0 Å². The Morgan fingerprint density at radius 1 is 0.634 bits per heavy atom. The monoisotopic (exact) mass is 548 g/mol. The van der Waals surface area contributed by atoms with Crippen LogP contribution in [0.2, 0.25) is 0 Å². The third kappa shape index (κ3) is 4.15. The normalized spacial score (nSPS) is 28.0. The molecule has 41 heavy (non-hydrogen) atoms. The molecule has 3 atom stereocenters. The number of hydrogen-bond donors (Lipinski definition) is 0. The minimum atomic E-state index is -0.978. The van der Waals surface area contributed by atoms with Crippen LogP contribution in [-0.4, -0.2) is 88.8 Å². The predicted molar refractivity (Wildman–Crippen MR) is 153 cm³/mol. The van der Waals surface area contributed by atoms with E-state index < -0.39 is 11.0 Å².